The summed E-state index contributed by atoms with van der Waals surface area (Å²) >= 11 is -3.51. The first kappa shape index (κ1) is 23.1. The minimum absolute atomic E-state index is 0.669. The molecule has 0 unspecified atom stereocenters. The van der Waals surface area contributed by atoms with Crippen molar-refractivity contribution in [2.75, 3.05) is 0 Å². The molecular formula is C12H5F13I+. The molecule has 0 aromatic heterocycles. The molecule has 0 saturated heterocycles. The second-order valence-electron chi connectivity index (χ2n) is 4.68. The van der Waals surface area contributed by atoms with E-state index in [0.29, 0.717) is 0 Å². The van der Waals surface area contributed by atoms with Gasteiger partial charge in [0.05, 0.1) is 0 Å². The number of benzene rings is 1. The lowest BCUT2D eigenvalue weighted by Gasteiger charge is -2.36. The van der Waals surface area contributed by atoms with E-state index in [2.05, 4.69) is 0 Å². The van der Waals surface area contributed by atoms with Gasteiger partial charge >= 0.3 is 55.0 Å². The second kappa shape index (κ2) is 6.58. The quantitative estimate of drug-likeness (QED) is 0.306. The summed E-state index contributed by atoms with van der Waals surface area (Å²) in [5, 5.41) is 0. The van der Waals surface area contributed by atoms with Crippen LogP contribution in [0.15, 0.2) is 30.3 Å². The molecule has 0 saturated carbocycles. The standard InChI is InChI=1S/C12H5F13I/c13-7(14,9(17,18)11(21,22)23)8(15,16)10(19,20)12(24,25)26-6-4-2-1-3-5-6/h1-5H/q+1. The lowest BCUT2D eigenvalue weighted by atomic mass is 9.98. The van der Waals surface area contributed by atoms with E-state index in [9.17, 15) is 57.1 Å². The van der Waals surface area contributed by atoms with Crippen molar-refractivity contribution >= 4 is 0 Å². The Bertz CT molecular complexity index is 620. The molecule has 0 radical (unpaired) electrons. The van der Waals surface area contributed by atoms with Crippen LogP contribution in [0, 0.1) is 3.57 Å². The zero-order valence-electron chi connectivity index (χ0n) is 11.7. The normalized spacial score (nSPS) is 15.3. The molecule has 0 amide bonds. The number of halogens is 14. The first-order valence-corrected chi connectivity index (χ1v) is 8.15. The van der Waals surface area contributed by atoms with Crippen LogP contribution in [-0.2, 0) is 0 Å². The highest BCUT2D eigenvalue weighted by Crippen LogP contribution is 2.58. The van der Waals surface area contributed by atoms with Crippen molar-refractivity contribution < 1.29 is 78.3 Å². The van der Waals surface area contributed by atoms with E-state index in [1.807, 2.05) is 0 Å². The molecule has 0 heterocycles. The molecule has 1 aromatic carbocycles. The molecule has 26 heavy (non-hydrogen) atoms. The molecular weight excluding hydrogens is 518 g/mol. The van der Waals surface area contributed by atoms with Crippen molar-refractivity contribution in [3.63, 3.8) is 0 Å². The molecule has 0 fully saturated rings. The van der Waals surface area contributed by atoms with Crippen LogP contribution < -0.4 is 21.2 Å². The molecule has 1 aromatic rings. The number of alkyl halides is 14. The van der Waals surface area contributed by atoms with Crippen LogP contribution in [-0.4, -0.2) is 33.8 Å². The Labute approximate surface area is 146 Å². The van der Waals surface area contributed by atoms with E-state index in [-0.39, 0.29) is 0 Å². The van der Waals surface area contributed by atoms with Gasteiger partial charge in [-0.15, -0.1) is 0 Å². The third-order valence-corrected chi connectivity index (χ3v) is 5.55. The third kappa shape index (κ3) is 3.44. The Morgan fingerprint density at radius 1 is 0.500 bits per heavy atom. The first-order valence-electron chi connectivity index (χ1n) is 6.00. The van der Waals surface area contributed by atoms with Crippen LogP contribution in [0.4, 0.5) is 57.1 Å². The van der Waals surface area contributed by atoms with Gasteiger partial charge in [-0.25, -0.2) is 0 Å². The van der Waals surface area contributed by atoms with Gasteiger partial charge in [-0.1, -0.05) is 18.2 Å². The van der Waals surface area contributed by atoms with Crippen molar-refractivity contribution in [1.29, 1.82) is 0 Å². The second-order valence-corrected chi connectivity index (χ2v) is 7.82. The van der Waals surface area contributed by atoms with Crippen LogP contribution >= 0.6 is 0 Å². The smallest absolute Gasteiger partial charge is 0.192 e. The highest BCUT2D eigenvalue weighted by atomic mass is 127. The van der Waals surface area contributed by atoms with Gasteiger partial charge in [0.2, 0.25) is 0 Å². The van der Waals surface area contributed by atoms with Crippen molar-refractivity contribution in [2.45, 2.75) is 33.8 Å². The monoisotopic (exact) mass is 523 g/mol. The van der Waals surface area contributed by atoms with Crippen LogP contribution in [0.3, 0.4) is 0 Å². The number of hydrogen-bond acceptors (Lipinski definition) is 0. The van der Waals surface area contributed by atoms with Gasteiger partial charge in [0.15, 0.2) is 3.57 Å². The summed E-state index contributed by atoms with van der Waals surface area (Å²) in [6.07, 6.45) is -7.39. The zero-order valence-corrected chi connectivity index (χ0v) is 13.8. The molecule has 1 rings (SSSR count). The van der Waals surface area contributed by atoms with Crippen LogP contribution in [0.2, 0.25) is 0 Å². The predicted octanol–water partition coefficient (Wildman–Crippen LogP) is 2.64. The minimum Gasteiger partial charge on any atom is -0.192 e. The minimum atomic E-state index is -7.84. The molecule has 0 bridgehead atoms. The maximum Gasteiger partial charge on any atom is 0.516 e. The number of hydrogen-bond donors (Lipinski definition) is 0. The molecule has 0 N–H and O–H groups in total. The Morgan fingerprint density at radius 3 is 1.27 bits per heavy atom. The summed E-state index contributed by atoms with van der Waals surface area (Å²) in [5.74, 6) is -30.4. The molecule has 0 atom stereocenters. The molecule has 0 aliphatic carbocycles. The number of rotatable bonds is 6. The Hall–Kier alpha value is -0.960. The van der Waals surface area contributed by atoms with Crippen molar-refractivity contribution in [3.8, 4) is 0 Å². The third-order valence-electron chi connectivity index (χ3n) is 2.86. The average Bonchev–Trinajstić information content (AvgIpc) is 2.45. The van der Waals surface area contributed by atoms with Gasteiger partial charge in [0, 0.05) is 0 Å². The van der Waals surface area contributed by atoms with Gasteiger partial charge in [0.25, 0.3) is 0 Å². The SMILES string of the molecule is FC(F)(F)C(F)(F)C(F)(F)C(F)(F)C(F)(F)C(F)(F)[I+]c1ccccc1. The maximum atomic E-state index is 13.6. The van der Waals surface area contributed by atoms with Crippen molar-refractivity contribution in [2.24, 2.45) is 0 Å². The fourth-order valence-corrected chi connectivity index (χ4v) is 3.66. The van der Waals surface area contributed by atoms with Gasteiger partial charge in [-0.3, -0.25) is 0 Å². The van der Waals surface area contributed by atoms with E-state index < -0.39 is 58.6 Å². The summed E-state index contributed by atoms with van der Waals surface area (Å²) in [6.45, 7) is 0. The van der Waals surface area contributed by atoms with E-state index >= 15 is 0 Å². The lowest BCUT2D eigenvalue weighted by Crippen LogP contribution is -3.68. The van der Waals surface area contributed by atoms with E-state index in [0.717, 1.165) is 24.3 Å². The van der Waals surface area contributed by atoms with Crippen molar-refractivity contribution in [3.05, 3.63) is 33.9 Å². The molecule has 0 nitrogen and oxygen atoms in total. The summed E-state index contributed by atoms with van der Waals surface area (Å²) in [7, 11) is 0. The first-order chi connectivity index (χ1) is 11.3. The summed E-state index contributed by atoms with van der Waals surface area (Å²) < 4.78 is 161. The molecule has 0 spiro atoms. The maximum absolute atomic E-state index is 13.6. The fourth-order valence-electron chi connectivity index (χ4n) is 1.42. The largest absolute Gasteiger partial charge is 0.516 e. The average molecular weight is 523 g/mol. The topological polar surface area (TPSA) is 0 Å². The van der Waals surface area contributed by atoms with Gasteiger partial charge in [-0.2, -0.15) is 57.1 Å². The lowest BCUT2D eigenvalue weighted by molar-refractivity contribution is -0.790. The molecule has 0 aliphatic rings. The van der Waals surface area contributed by atoms with Gasteiger partial charge < -0.3 is 0 Å². The van der Waals surface area contributed by atoms with Crippen LogP contribution in [0.25, 0.3) is 0 Å². The van der Waals surface area contributed by atoms with Gasteiger partial charge in [-0.05, 0) is 12.1 Å². The van der Waals surface area contributed by atoms with Crippen LogP contribution in [0.1, 0.15) is 0 Å². The van der Waals surface area contributed by atoms with E-state index in [4.69, 9.17) is 0 Å². The fraction of sp³-hybridized carbons (Fsp3) is 0.500. The van der Waals surface area contributed by atoms with E-state index in [1.54, 1.807) is 0 Å². The highest BCUT2D eigenvalue weighted by molar-refractivity contribution is 5.08. The van der Waals surface area contributed by atoms with E-state index in [1.165, 1.54) is 6.07 Å². The zero-order chi connectivity index (χ0) is 20.8. The molecule has 0 aliphatic heterocycles. The van der Waals surface area contributed by atoms with Gasteiger partial charge in [0.1, 0.15) is 0 Å². The summed E-state index contributed by atoms with van der Waals surface area (Å²) in [4.78, 5) is 0. The summed E-state index contributed by atoms with van der Waals surface area (Å²) in [5.41, 5.74) is 0. The molecule has 150 valence electrons. The van der Waals surface area contributed by atoms with Crippen LogP contribution in [0.5, 0.6) is 0 Å². The Kier molecular flexibility index (Phi) is 5.84. The molecule has 14 heteroatoms. The Balaban J connectivity index is 3.38. The highest BCUT2D eigenvalue weighted by Gasteiger charge is 2.93. The van der Waals surface area contributed by atoms with Crippen molar-refractivity contribution in [1.82, 2.24) is 0 Å². The Morgan fingerprint density at radius 2 is 0.885 bits per heavy atom. The predicted molar refractivity (Wildman–Crippen MR) is 55.9 cm³/mol. The summed E-state index contributed by atoms with van der Waals surface area (Å²) in [6, 6.07) is 4.72.